The van der Waals surface area contributed by atoms with Gasteiger partial charge in [0, 0.05) is 11.9 Å². The minimum Gasteiger partial charge on any atom is -0.257 e. The molecule has 0 aliphatic heterocycles. The highest BCUT2D eigenvalue weighted by Gasteiger charge is 2.06. The van der Waals surface area contributed by atoms with E-state index in [1.807, 2.05) is 30.3 Å². The van der Waals surface area contributed by atoms with Crippen LogP contribution in [0.5, 0.6) is 0 Å². The molecule has 0 atom stereocenters. The van der Waals surface area contributed by atoms with Gasteiger partial charge in [-0.25, -0.2) is 4.79 Å². The van der Waals surface area contributed by atoms with Crippen molar-refractivity contribution in [2.24, 2.45) is 0 Å². The molecule has 4 heteroatoms. The molecule has 0 saturated heterocycles. The van der Waals surface area contributed by atoms with E-state index in [4.69, 9.17) is 0 Å². The molecule has 0 aromatic heterocycles. The fourth-order valence-corrected chi connectivity index (χ4v) is 1.34. The maximum Gasteiger partial charge on any atom is 0.410 e. The van der Waals surface area contributed by atoms with E-state index in [0.717, 1.165) is 21.1 Å². The molecule has 12 heavy (non-hydrogen) atoms. The summed E-state index contributed by atoms with van der Waals surface area (Å²) >= 11 is 1.06. The van der Waals surface area contributed by atoms with E-state index in [0.29, 0.717) is 0 Å². The van der Waals surface area contributed by atoms with Gasteiger partial charge in [-0.15, -0.1) is 4.39 Å². The lowest BCUT2D eigenvalue weighted by molar-refractivity contribution is 0.209. The van der Waals surface area contributed by atoms with Gasteiger partial charge in [0.1, 0.15) is 0 Å². The number of benzene rings is 1. The summed E-state index contributed by atoms with van der Waals surface area (Å²) in [5, 5.41) is 0. The van der Waals surface area contributed by atoms with Crippen LogP contribution >= 0.6 is 11.9 Å². The summed E-state index contributed by atoms with van der Waals surface area (Å²) in [6, 6.07) is 9.15. The molecule has 0 aliphatic carbocycles. The van der Waals surface area contributed by atoms with Gasteiger partial charge in [0.25, 0.3) is 0 Å². The molecule has 0 saturated carbocycles. The van der Waals surface area contributed by atoms with Crippen molar-refractivity contribution < 1.29 is 9.18 Å². The van der Waals surface area contributed by atoms with Crippen molar-refractivity contribution in [1.82, 2.24) is 4.31 Å². The number of halogens is 1. The van der Waals surface area contributed by atoms with Crippen molar-refractivity contribution >= 4 is 18.1 Å². The molecule has 0 heterocycles. The molecule has 0 radical (unpaired) electrons. The fourth-order valence-electron chi connectivity index (χ4n) is 0.675. The fraction of sp³-hybridized carbons (Fsp3) is 0.125. The maximum absolute atomic E-state index is 12.0. The predicted molar refractivity (Wildman–Crippen MR) is 46.6 cm³/mol. The highest BCUT2D eigenvalue weighted by Crippen LogP contribution is 2.20. The molecule has 64 valence electrons. The number of hydrogen-bond donors (Lipinski definition) is 0. The van der Waals surface area contributed by atoms with Crippen LogP contribution in [0.15, 0.2) is 35.2 Å². The Balaban J connectivity index is 2.58. The molecule has 1 aromatic rings. The van der Waals surface area contributed by atoms with Crippen molar-refractivity contribution in [1.29, 1.82) is 0 Å². The number of rotatable bonds is 2. The van der Waals surface area contributed by atoms with Gasteiger partial charge in [0.15, 0.2) is 0 Å². The zero-order chi connectivity index (χ0) is 8.97. The molecule has 1 rings (SSSR count). The third-order valence-electron chi connectivity index (χ3n) is 1.23. The number of nitrogens with zero attached hydrogens (tertiary/aromatic N) is 1. The Labute approximate surface area is 74.5 Å². The predicted octanol–water partition coefficient (Wildman–Crippen LogP) is 2.72. The van der Waals surface area contributed by atoms with Crippen LogP contribution in [0.3, 0.4) is 0 Å². The van der Waals surface area contributed by atoms with Crippen LogP contribution in [-0.2, 0) is 0 Å². The number of carbonyl (C=O) groups is 1. The largest absolute Gasteiger partial charge is 0.410 e. The Kier molecular flexibility index (Phi) is 3.10. The van der Waals surface area contributed by atoms with E-state index < -0.39 is 6.16 Å². The molecule has 2 nitrogen and oxygen atoms in total. The minimum absolute atomic E-state index is 0.839. The quantitative estimate of drug-likeness (QED) is 0.401. The summed E-state index contributed by atoms with van der Waals surface area (Å²) < 4.78 is 13.0. The molecule has 1 aromatic carbocycles. The molecule has 0 bridgehead atoms. The summed E-state index contributed by atoms with van der Waals surface area (Å²) in [5.41, 5.74) is 0. The van der Waals surface area contributed by atoms with Gasteiger partial charge in [-0.05, 0) is 24.1 Å². The van der Waals surface area contributed by atoms with Gasteiger partial charge in [-0.3, -0.25) is 4.31 Å². The Morgan fingerprint density at radius 2 is 2.00 bits per heavy atom. The summed E-state index contributed by atoms with van der Waals surface area (Å²) in [6.07, 6.45) is -1.44. The summed E-state index contributed by atoms with van der Waals surface area (Å²) in [4.78, 5) is 11.0. The van der Waals surface area contributed by atoms with E-state index in [1.54, 1.807) is 0 Å². The Hall–Kier alpha value is -1.03. The van der Waals surface area contributed by atoms with Crippen LogP contribution in [0.4, 0.5) is 9.18 Å². The van der Waals surface area contributed by atoms with Crippen LogP contribution in [0.2, 0.25) is 0 Å². The van der Waals surface area contributed by atoms with Gasteiger partial charge in [0.2, 0.25) is 0 Å². The first kappa shape index (κ1) is 9.06. The molecule has 0 aliphatic rings. The zero-order valence-corrected chi connectivity index (χ0v) is 7.34. The highest BCUT2D eigenvalue weighted by atomic mass is 32.2. The number of hydrogen-bond acceptors (Lipinski definition) is 2. The monoisotopic (exact) mass is 185 g/mol. The van der Waals surface area contributed by atoms with Crippen LogP contribution < -0.4 is 0 Å². The van der Waals surface area contributed by atoms with Crippen LogP contribution in [0, 0.1) is 0 Å². The Morgan fingerprint density at radius 3 is 2.50 bits per heavy atom. The number of carbonyl (C=O) groups excluding carboxylic acids is 1. The van der Waals surface area contributed by atoms with Gasteiger partial charge in [-0.1, -0.05) is 18.2 Å². The molecule has 0 N–H and O–H groups in total. The van der Waals surface area contributed by atoms with Crippen LogP contribution in [0.1, 0.15) is 0 Å². The van der Waals surface area contributed by atoms with E-state index in [2.05, 4.69) is 0 Å². The van der Waals surface area contributed by atoms with Crippen molar-refractivity contribution in [3.63, 3.8) is 0 Å². The third-order valence-corrected chi connectivity index (χ3v) is 2.13. The second-order valence-corrected chi connectivity index (χ2v) is 3.36. The maximum atomic E-state index is 12.0. The van der Waals surface area contributed by atoms with Crippen molar-refractivity contribution in [2.45, 2.75) is 4.90 Å². The molecule has 0 unspecified atom stereocenters. The lowest BCUT2D eigenvalue weighted by Crippen LogP contribution is -2.11. The first-order valence-electron chi connectivity index (χ1n) is 3.36. The molecule has 0 spiro atoms. The Morgan fingerprint density at radius 1 is 1.42 bits per heavy atom. The zero-order valence-electron chi connectivity index (χ0n) is 6.53. The van der Waals surface area contributed by atoms with Crippen molar-refractivity contribution in [2.75, 3.05) is 7.05 Å². The van der Waals surface area contributed by atoms with E-state index >= 15 is 0 Å². The second kappa shape index (κ2) is 4.11. The second-order valence-electron chi connectivity index (χ2n) is 2.15. The summed E-state index contributed by atoms with van der Waals surface area (Å²) in [5.74, 6) is 0. The topological polar surface area (TPSA) is 20.3 Å². The molecule has 1 amide bonds. The lowest BCUT2D eigenvalue weighted by Gasteiger charge is -2.09. The average molecular weight is 185 g/mol. The highest BCUT2D eigenvalue weighted by molar-refractivity contribution is 7.97. The van der Waals surface area contributed by atoms with Crippen LogP contribution in [0.25, 0.3) is 0 Å². The molecule has 0 fully saturated rings. The van der Waals surface area contributed by atoms with Crippen molar-refractivity contribution in [3.05, 3.63) is 30.3 Å². The lowest BCUT2D eigenvalue weighted by atomic mass is 10.4. The molecular formula is C8H8FNOS. The smallest absolute Gasteiger partial charge is 0.257 e. The van der Waals surface area contributed by atoms with Gasteiger partial charge >= 0.3 is 6.16 Å². The molecular weight excluding hydrogens is 177 g/mol. The van der Waals surface area contributed by atoms with Crippen LogP contribution in [-0.4, -0.2) is 17.5 Å². The minimum atomic E-state index is -1.44. The Bertz CT molecular complexity index is 265. The first-order valence-corrected chi connectivity index (χ1v) is 4.13. The van der Waals surface area contributed by atoms with Gasteiger partial charge in [0.05, 0.1) is 0 Å². The number of amides is 1. The van der Waals surface area contributed by atoms with E-state index in [-0.39, 0.29) is 0 Å². The van der Waals surface area contributed by atoms with Crippen molar-refractivity contribution in [3.8, 4) is 0 Å². The SMILES string of the molecule is CN(Sc1ccccc1)C(=O)F. The van der Waals surface area contributed by atoms with Gasteiger partial charge in [-0.2, -0.15) is 0 Å². The third kappa shape index (κ3) is 2.54. The normalized spacial score (nSPS) is 9.50. The summed E-state index contributed by atoms with van der Waals surface area (Å²) in [6.45, 7) is 0. The standard InChI is InChI=1S/C8H8FNOS/c1-10(8(9)11)12-7-5-3-2-4-6-7/h2-6H,1H3. The van der Waals surface area contributed by atoms with E-state index in [9.17, 15) is 9.18 Å². The first-order chi connectivity index (χ1) is 5.70. The van der Waals surface area contributed by atoms with Gasteiger partial charge < -0.3 is 0 Å². The average Bonchev–Trinajstić information content (AvgIpc) is 2.06. The van der Waals surface area contributed by atoms with E-state index in [1.165, 1.54) is 7.05 Å². The summed E-state index contributed by atoms with van der Waals surface area (Å²) in [7, 11) is 1.39.